The highest BCUT2D eigenvalue weighted by molar-refractivity contribution is 5.98. The van der Waals surface area contributed by atoms with Crippen LogP contribution in [0, 0.1) is 6.92 Å². The Labute approximate surface area is 152 Å². The molecule has 4 nitrogen and oxygen atoms in total. The molecular weight excluding hydrogens is 314 g/mol. The van der Waals surface area contributed by atoms with Gasteiger partial charge in [-0.25, -0.2) is 0 Å². The maximum atomic E-state index is 12.2. The minimum Gasteiger partial charge on any atom is -0.480 e. The fourth-order valence-corrected chi connectivity index (χ4v) is 2.82. The highest BCUT2D eigenvalue weighted by Gasteiger charge is 2.21. The third kappa shape index (κ3) is 9.40. The molecule has 0 amide bonds. The van der Waals surface area contributed by atoms with Crippen LogP contribution in [0.4, 0.5) is 0 Å². The summed E-state index contributed by atoms with van der Waals surface area (Å²) in [6.45, 7) is 4.82. The first-order valence-corrected chi connectivity index (χ1v) is 9.60. The van der Waals surface area contributed by atoms with Gasteiger partial charge in [0.15, 0.2) is 5.78 Å². The second-order valence-electron chi connectivity index (χ2n) is 6.81. The van der Waals surface area contributed by atoms with Crippen molar-refractivity contribution in [2.45, 2.75) is 77.7 Å². The summed E-state index contributed by atoms with van der Waals surface area (Å²) in [5, 5.41) is 12.3. The second-order valence-corrected chi connectivity index (χ2v) is 6.81. The van der Waals surface area contributed by atoms with E-state index < -0.39 is 12.0 Å². The molecule has 140 valence electrons. The summed E-state index contributed by atoms with van der Waals surface area (Å²) in [6.07, 6.45) is 9.71. The lowest BCUT2D eigenvalue weighted by atomic mass is 10.0. The molecule has 4 heteroatoms. The van der Waals surface area contributed by atoms with Crippen molar-refractivity contribution in [3.63, 3.8) is 0 Å². The molecule has 0 bridgehead atoms. The van der Waals surface area contributed by atoms with Crippen molar-refractivity contribution in [3.8, 4) is 0 Å². The Morgan fingerprint density at radius 1 is 0.960 bits per heavy atom. The Morgan fingerprint density at radius 2 is 1.52 bits per heavy atom. The summed E-state index contributed by atoms with van der Waals surface area (Å²) in [7, 11) is 0. The molecule has 1 aromatic carbocycles. The van der Waals surface area contributed by atoms with Crippen LogP contribution >= 0.6 is 0 Å². The van der Waals surface area contributed by atoms with E-state index in [0.29, 0.717) is 12.1 Å². The van der Waals surface area contributed by atoms with E-state index in [1.807, 2.05) is 19.1 Å². The molecule has 0 saturated heterocycles. The van der Waals surface area contributed by atoms with Crippen LogP contribution < -0.4 is 5.32 Å². The average Bonchev–Trinajstić information content (AvgIpc) is 2.59. The zero-order valence-corrected chi connectivity index (χ0v) is 15.7. The lowest BCUT2D eigenvalue weighted by molar-refractivity contribution is -0.139. The van der Waals surface area contributed by atoms with Gasteiger partial charge in [0.05, 0.1) is 0 Å². The van der Waals surface area contributed by atoms with Crippen LogP contribution in [-0.4, -0.2) is 29.4 Å². The van der Waals surface area contributed by atoms with E-state index in [-0.39, 0.29) is 12.2 Å². The topological polar surface area (TPSA) is 66.4 Å². The molecule has 0 spiro atoms. The fourth-order valence-electron chi connectivity index (χ4n) is 2.82. The number of carboxylic acid groups (broad SMARTS) is 1. The number of nitrogens with one attached hydrogen (secondary N) is 1. The van der Waals surface area contributed by atoms with Gasteiger partial charge in [-0.1, -0.05) is 81.7 Å². The van der Waals surface area contributed by atoms with Crippen molar-refractivity contribution in [2.24, 2.45) is 0 Å². The van der Waals surface area contributed by atoms with Gasteiger partial charge in [-0.15, -0.1) is 0 Å². The number of carbonyl (C=O) groups excluding carboxylic acids is 1. The van der Waals surface area contributed by atoms with Crippen LogP contribution in [0.1, 0.15) is 80.6 Å². The molecule has 0 heterocycles. The van der Waals surface area contributed by atoms with E-state index in [2.05, 4.69) is 12.2 Å². The number of aliphatic carboxylic acids is 1. The minimum absolute atomic E-state index is 0.00455. The van der Waals surface area contributed by atoms with Crippen LogP contribution in [0.5, 0.6) is 0 Å². The summed E-state index contributed by atoms with van der Waals surface area (Å²) in [5.74, 6) is -1.09. The monoisotopic (exact) mass is 347 g/mol. The predicted molar refractivity (Wildman–Crippen MR) is 102 cm³/mol. The summed E-state index contributed by atoms with van der Waals surface area (Å²) < 4.78 is 0. The van der Waals surface area contributed by atoms with Gasteiger partial charge in [0.2, 0.25) is 0 Å². The quantitative estimate of drug-likeness (QED) is 0.376. The standard InChI is InChI=1S/C21H33NO3/c1-3-4-5-6-7-8-9-10-15-22-19(21(24)25)16-20(23)18-13-11-17(2)12-14-18/h11-14,19,22H,3-10,15-16H2,1-2H3,(H,24,25)/t19-/m1/s1. The van der Waals surface area contributed by atoms with E-state index in [4.69, 9.17) is 0 Å². The summed E-state index contributed by atoms with van der Waals surface area (Å²) in [4.78, 5) is 23.6. The van der Waals surface area contributed by atoms with Crippen molar-refractivity contribution in [1.82, 2.24) is 5.32 Å². The van der Waals surface area contributed by atoms with Gasteiger partial charge in [0.1, 0.15) is 6.04 Å². The van der Waals surface area contributed by atoms with Crippen molar-refractivity contribution >= 4 is 11.8 Å². The maximum Gasteiger partial charge on any atom is 0.321 e. The van der Waals surface area contributed by atoms with E-state index in [0.717, 1.165) is 18.4 Å². The SMILES string of the molecule is CCCCCCCCCCN[C@H](CC(=O)c1ccc(C)cc1)C(=O)O. The maximum absolute atomic E-state index is 12.2. The van der Waals surface area contributed by atoms with Gasteiger partial charge in [0, 0.05) is 12.0 Å². The van der Waals surface area contributed by atoms with Crippen molar-refractivity contribution in [1.29, 1.82) is 0 Å². The molecule has 1 aromatic rings. The van der Waals surface area contributed by atoms with E-state index in [1.165, 1.54) is 38.5 Å². The third-order valence-corrected chi connectivity index (χ3v) is 4.48. The fraction of sp³-hybridized carbons (Fsp3) is 0.619. The first kappa shape index (κ1) is 21.4. The minimum atomic E-state index is -0.958. The molecule has 0 aliphatic heterocycles. The third-order valence-electron chi connectivity index (χ3n) is 4.48. The first-order valence-electron chi connectivity index (χ1n) is 9.60. The van der Waals surface area contributed by atoms with E-state index >= 15 is 0 Å². The predicted octanol–water partition coefficient (Wildman–Crippen LogP) is 4.75. The van der Waals surface area contributed by atoms with Crippen LogP contribution in [0.2, 0.25) is 0 Å². The van der Waals surface area contributed by atoms with Crippen molar-refractivity contribution < 1.29 is 14.7 Å². The number of rotatable bonds is 14. The Balaban J connectivity index is 2.25. The number of unbranched alkanes of at least 4 members (excludes halogenated alkanes) is 7. The van der Waals surface area contributed by atoms with Gasteiger partial charge in [-0.3, -0.25) is 9.59 Å². The molecule has 1 atom stereocenters. The number of aryl methyl sites for hydroxylation is 1. The molecular formula is C21H33NO3. The number of benzene rings is 1. The average molecular weight is 347 g/mol. The van der Waals surface area contributed by atoms with Gasteiger partial charge < -0.3 is 10.4 Å². The Kier molecular flexibility index (Phi) is 10.8. The number of carboxylic acids is 1. The Hall–Kier alpha value is -1.68. The zero-order valence-electron chi connectivity index (χ0n) is 15.7. The summed E-state index contributed by atoms with van der Waals surface area (Å²) in [6, 6.07) is 6.45. The summed E-state index contributed by atoms with van der Waals surface area (Å²) >= 11 is 0. The molecule has 0 aromatic heterocycles. The first-order chi connectivity index (χ1) is 12.0. The van der Waals surface area contributed by atoms with Gasteiger partial charge in [-0.2, -0.15) is 0 Å². The van der Waals surface area contributed by atoms with E-state index in [9.17, 15) is 14.7 Å². The molecule has 0 aliphatic rings. The Bertz CT molecular complexity index is 510. The normalized spacial score (nSPS) is 12.1. The molecule has 0 saturated carbocycles. The zero-order chi connectivity index (χ0) is 18.5. The molecule has 0 unspecified atom stereocenters. The highest BCUT2D eigenvalue weighted by Crippen LogP contribution is 2.10. The van der Waals surface area contributed by atoms with Crippen molar-refractivity contribution in [2.75, 3.05) is 6.54 Å². The van der Waals surface area contributed by atoms with Gasteiger partial charge in [-0.05, 0) is 19.9 Å². The number of Topliss-reactive ketones (excluding diaryl/α,β-unsaturated/α-hetero) is 1. The van der Waals surface area contributed by atoms with Crippen LogP contribution in [-0.2, 0) is 4.79 Å². The Morgan fingerprint density at radius 3 is 2.08 bits per heavy atom. The lowest BCUT2D eigenvalue weighted by Crippen LogP contribution is -2.39. The van der Waals surface area contributed by atoms with Crippen molar-refractivity contribution in [3.05, 3.63) is 35.4 Å². The number of carbonyl (C=O) groups is 2. The second kappa shape index (κ2) is 12.6. The smallest absolute Gasteiger partial charge is 0.321 e. The molecule has 2 N–H and O–H groups in total. The summed E-state index contributed by atoms with van der Waals surface area (Å²) in [5.41, 5.74) is 1.66. The van der Waals surface area contributed by atoms with Crippen LogP contribution in [0.15, 0.2) is 24.3 Å². The molecule has 25 heavy (non-hydrogen) atoms. The molecule has 0 aliphatic carbocycles. The van der Waals surface area contributed by atoms with Crippen LogP contribution in [0.25, 0.3) is 0 Å². The molecule has 0 fully saturated rings. The largest absolute Gasteiger partial charge is 0.480 e. The number of hydrogen-bond donors (Lipinski definition) is 2. The lowest BCUT2D eigenvalue weighted by Gasteiger charge is -2.14. The molecule has 0 radical (unpaired) electrons. The number of hydrogen-bond acceptors (Lipinski definition) is 3. The van der Waals surface area contributed by atoms with Gasteiger partial charge in [0.25, 0.3) is 0 Å². The molecule has 1 rings (SSSR count). The van der Waals surface area contributed by atoms with Crippen LogP contribution in [0.3, 0.4) is 0 Å². The highest BCUT2D eigenvalue weighted by atomic mass is 16.4. The van der Waals surface area contributed by atoms with Gasteiger partial charge >= 0.3 is 5.97 Å². The van der Waals surface area contributed by atoms with E-state index in [1.54, 1.807) is 12.1 Å². The number of ketones is 1.